The standard InChI is InChI=1S/C49H34N4O/c1-29-26-37-15-14-34-18-23-42(52-48(34)49(37)53-45(29)31-10-6-3-7-11-31)36-20-25-44-39(28-36)38-27-35(19-24-43(38)54-44)41-22-17-33-13-12-32-16-21-40(30-8-4-2-5-9-30)50-46(32)47(33)51-41/h2-25,27-29,33,47H,26H2,1H3. The van der Waals surface area contributed by atoms with Gasteiger partial charge in [0.05, 0.1) is 39.7 Å². The third-order valence-electron chi connectivity index (χ3n) is 11.2. The van der Waals surface area contributed by atoms with Crippen molar-refractivity contribution in [1.82, 2.24) is 9.97 Å². The summed E-state index contributed by atoms with van der Waals surface area (Å²) >= 11 is 0. The van der Waals surface area contributed by atoms with Crippen LogP contribution in [0, 0.1) is 11.8 Å². The molecule has 0 saturated heterocycles. The molecule has 54 heavy (non-hydrogen) atoms. The second kappa shape index (κ2) is 12.2. The molecule has 8 aromatic rings. The maximum atomic E-state index is 6.37. The minimum absolute atomic E-state index is 0.0851. The van der Waals surface area contributed by atoms with Crippen molar-refractivity contribution in [2.24, 2.45) is 21.8 Å². The molecular weight excluding hydrogens is 661 g/mol. The fourth-order valence-electron chi connectivity index (χ4n) is 8.39. The second-order valence-corrected chi connectivity index (χ2v) is 14.6. The van der Waals surface area contributed by atoms with E-state index in [-0.39, 0.29) is 12.0 Å². The van der Waals surface area contributed by atoms with Gasteiger partial charge in [-0.1, -0.05) is 110 Å². The monoisotopic (exact) mass is 694 g/mol. The lowest BCUT2D eigenvalue weighted by Crippen LogP contribution is -2.19. The molecule has 11 rings (SSSR count). The van der Waals surface area contributed by atoms with Gasteiger partial charge in [0.1, 0.15) is 17.2 Å². The van der Waals surface area contributed by atoms with Gasteiger partial charge in [-0.2, -0.15) is 0 Å². The summed E-state index contributed by atoms with van der Waals surface area (Å²) in [4.78, 5) is 21.1. The Morgan fingerprint density at radius 1 is 0.611 bits per heavy atom. The Kier molecular flexibility index (Phi) is 6.96. The van der Waals surface area contributed by atoms with Crippen LogP contribution in [0.1, 0.15) is 40.9 Å². The summed E-state index contributed by atoms with van der Waals surface area (Å²) in [5.74, 6) is 0.498. The number of nitrogens with zero attached hydrogens (tertiary/aromatic N) is 4. The van der Waals surface area contributed by atoms with E-state index in [1.807, 2.05) is 6.07 Å². The number of aromatic nitrogens is 2. The van der Waals surface area contributed by atoms with E-state index in [0.29, 0.717) is 5.92 Å². The lowest BCUT2D eigenvalue weighted by molar-refractivity contribution is 0.592. The van der Waals surface area contributed by atoms with Gasteiger partial charge in [-0.05, 0) is 77.7 Å². The molecule has 3 aromatic heterocycles. The molecule has 256 valence electrons. The van der Waals surface area contributed by atoms with Crippen LogP contribution in [-0.2, 0) is 6.42 Å². The van der Waals surface area contributed by atoms with Crippen molar-refractivity contribution in [1.29, 1.82) is 0 Å². The highest BCUT2D eigenvalue weighted by atomic mass is 16.3. The first-order chi connectivity index (χ1) is 26.6. The number of furan rings is 1. The Labute approximate surface area is 312 Å². The Morgan fingerprint density at radius 3 is 2.11 bits per heavy atom. The highest BCUT2D eigenvalue weighted by Crippen LogP contribution is 2.41. The molecule has 0 radical (unpaired) electrons. The van der Waals surface area contributed by atoms with Crippen molar-refractivity contribution in [3.8, 4) is 22.5 Å². The van der Waals surface area contributed by atoms with E-state index in [4.69, 9.17) is 24.4 Å². The van der Waals surface area contributed by atoms with Gasteiger partial charge in [-0.3, -0.25) is 4.99 Å². The highest BCUT2D eigenvalue weighted by Gasteiger charge is 2.29. The molecular formula is C49H34N4O. The number of hydrogen-bond donors (Lipinski definition) is 0. The Bertz CT molecular complexity index is 2930. The summed E-state index contributed by atoms with van der Waals surface area (Å²) in [5.41, 5.74) is 15.3. The Morgan fingerprint density at radius 2 is 1.30 bits per heavy atom. The van der Waals surface area contributed by atoms with Crippen LogP contribution in [0.25, 0.3) is 61.4 Å². The lowest BCUT2D eigenvalue weighted by Gasteiger charge is -2.28. The summed E-state index contributed by atoms with van der Waals surface area (Å²) in [6.45, 7) is 2.26. The maximum Gasteiger partial charge on any atom is 0.135 e. The summed E-state index contributed by atoms with van der Waals surface area (Å²) < 4.78 is 6.37. The minimum Gasteiger partial charge on any atom is -0.456 e. The molecule has 0 N–H and O–H groups in total. The number of hydrogen-bond acceptors (Lipinski definition) is 5. The van der Waals surface area contributed by atoms with Gasteiger partial charge < -0.3 is 4.42 Å². The molecule has 0 fully saturated rings. The van der Waals surface area contributed by atoms with Gasteiger partial charge in [-0.25, -0.2) is 15.0 Å². The van der Waals surface area contributed by atoms with Crippen molar-refractivity contribution < 1.29 is 4.42 Å². The molecule has 3 atom stereocenters. The van der Waals surface area contributed by atoms with Crippen molar-refractivity contribution in [2.45, 2.75) is 19.4 Å². The van der Waals surface area contributed by atoms with Crippen molar-refractivity contribution in [3.63, 3.8) is 0 Å². The lowest BCUT2D eigenvalue weighted by atomic mass is 9.85. The molecule has 2 aliphatic heterocycles. The molecule has 3 aliphatic rings. The molecule has 3 unspecified atom stereocenters. The van der Waals surface area contributed by atoms with E-state index in [2.05, 4.69) is 159 Å². The Balaban J connectivity index is 0.975. The molecule has 5 heteroatoms. The van der Waals surface area contributed by atoms with Gasteiger partial charge in [0.25, 0.3) is 0 Å². The topological polar surface area (TPSA) is 63.6 Å². The third kappa shape index (κ3) is 5.07. The summed E-state index contributed by atoms with van der Waals surface area (Å²) in [5, 5.41) is 3.20. The van der Waals surface area contributed by atoms with E-state index < -0.39 is 0 Å². The van der Waals surface area contributed by atoms with Crippen LogP contribution >= 0.6 is 0 Å². The number of fused-ring (bicyclic) bond motifs is 9. The zero-order valence-corrected chi connectivity index (χ0v) is 29.6. The van der Waals surface area contributed by atoms with Crippen molar-refractivity contribution in [2.75, 3.05) is 0 Å². The first-order valence-corrected chi connectivity index (χ1v) is 18.7. The number of rotatable bonds is 4. The molecule has 0 spiro atoms. The molecule has 1 aliphatic carbocycles. The summed E-state index contributed by atoms with van der Waals surface area (Å²) in [7, 11) is 0. The fourth-order valence-corrected chi connectivity index (χ4v) is 8.39. The number of allylic oxidation sites excluding steroid dienone is 1. The normalized spacial score (nSPS) is 18.6. The predicted molar refractivity (Wildman–Crippen MR) is 221 cm³/mol. The van der Waals surface area contributed by atoms with Crippen LogP contribution < -0.4 is 0 Å². The van der Waals surface area contributed by atoms with E-state index in [1.54, 1.807) is 0 Å². The zero-order chi connectivity index (χ0) is 35.8. The van der Waals surface area contributed by atoms with Crippen LogP contribution in [0.5, 0.6) is 0 Å². The largest absolute Gasteiger partial charge is 0.456 e. The van der Waals surface area contributed by atoms with E-state index in [1.165, 1.54) is 11.1 Å². The molecule has 5 nitrogen and oxygen atoms in total. The average Bonchev–Trinajstić information content (AvgIpc) is 3.60. The van der Waals surface area contributed by atoms with Crippen molar-refractivity contribution >= 4 is 56.0 Å². The first kappa shape index (κ1) is 30.9. The Hall–Kier alpha value is -6.72. The fraction of sp³-hybridized carbons (Fsp3) is 0.102. The molecule has 5 heterocycles. The predicted octanol–water partition coefficient (Wildman–Crippen LogP) is 11.9. The summed E-state index contributed by atoms with van der Waals surface area (Å²) in [6, 6.07) is 46.5. The average molecular weight is 695 g/mol. The molecule has 0 bridgehead atoms. The highest BCUT2D eigenvalue weighted by molar-refractivity contribution is 6.14. The second-order valence-electron chi connectivity index (χ2n) is 14.6. The quantitative estimate of drug-likeness (QED) is 0.184. The number of aliphatic imine (C=N–C) groups is 2. The van der Waals surface area contributed by atoms with Gasteiger partial charge in [0.2, 0.25) is 0 Å². The van der Waals surface area contributed by atoms with Gasteiger partial charge >= 0.3 is 0 Å². The molecule has 0 saturated carbocycles. The van der Waals surface area contributed by atoms with Crippen molar-refractivity contribution in [3.05, 3.63) is 180 Å². The zero-order valence-electron chi connectivity index (χ0n) is 29.6. The van der Waals surface area contributed by atoms with Gasteiger partial charge in [0.15, 0.2) is 0 Å². The number of pyridine rings is 2. The van der Waals surface area contributed by atoms with Crippen LogP contribution in [0.2, 0.25) is 0 Å². The summed E-state index contributed by atoms with van der Waals surface area (Å²) in [6.07, 6.45) is 9.78. The maximum absolute atomic E-state index is 6.37. The smallest absolute Gasteiger partial charge is 0.135 e. The number of dihydropyridines is 1. The molecule has 0 amide bonds. The SMILES string of the molecule is CC1Cc2ccc3ccc(-c4ccc5oc6ccc(C7=NC8c9nc(-c%10ccccc%10)ccc9C=CC8C=C7)cc6c5c4)nc3c2N=C1c1ccccc1. The third-order valence-corrected chi connectivity index (χ3v) is 11.2. The van der Waals surface area contributed by atoms with Crippen LogP contribution in [0.4, 0.5) is 5.69 Å². The first-order valence-electron chi connectivity index (χ1n) is 18.7. The number of benzene rings is 5. The van der Waals surface area contributed by atoms with E-state index >= 15 is 0 Å². The van der Waals surface area contributed by atoms with Gasteiger partial charge in [-0.15, -0.1) is 0 Å². The molecule has 5 aromatic carbocycles. The van der Waals surface area contributed by atoms with Gasteiger partial charge in [0, 0.05) is 44.7 Å². The van der Waals surface area contributed by atoms with Crippen LogP contribution in [0.15, 0.2) is 166 Å². The van der Waals surface area contributed by atoms with Crippen LogP contribution in [-0.4, -0.2) is 21.4 Å². The minimum atomic E-state index is -0.0851. The van der Waals surface area contributed by atoms with E-state index in [0.717, 1.165) is 95.7 Å². The van der Waals surface area contributed by atoms with E-state index in [9.17, 15) is 0 Å². The van der Waals surface area contributed by atoms with Crippen LogP contribution in [0.3, 0.4) is 0 Å².